The van der Waals surface area contributed by atoms with Gasteiger partial charge < -0.3 is 35.4 Å². The topological polar surface area (TPSA) is 165 Å². The van der Waals surface area contributed by atoms with Gasteiger partial charge in [0.15, 0.2) is 11.2 Å². The van der Waals surface area contributed by atoms with Crippen LogP contribution in [0.5, 0.6) is 0 Å². The van der Waals surface area contributed by atoms with Gasteiger partial charge in [-0.3, -0.25) is 9.59 Å². The minimum atomic E-state index is -2.70. The third kappa shape index (κ3) is 12.7. The van der Waals surface area contributed by atoms with E-state index in [1.54, 1.807) is 0 Å². The van der Waals surface area contributed by atoms with Crippen LogP contribution in [0.15, 0.2) is 0 Å². The van der Waals surface area contributed by atoms with E-state index < -0.39 is 59.9 Å². The Morgan fingerprint density at radius 3 is 1.44 bits per heavy atom. The molecule has 6 N–H and O–H groups in total. The number of aliphatic carboxylic acids is 1. The summed E-state index contributed by atoms with van der Waals surface area (Å²) in [5.74, 6) is -2.85. The van der Waals surface area contributed by atoms with Crippen molar-refractivity contribution in [3.05, 3.63) is 0 Å². The van der Waals surface area contributed by atoms with Crippen molar-refractivity contribution in [2.75, 3.05) is 0 Å². The number of ketones is 1. The van der Waals surface area contributed by atoms with Crippen molar-refractivity contribution in [3.8, 4) is 0 Å². The van der Waals surface area contributed by atoms with Gasteiger partial charge in [0, 0.05) is 0 Å². The summed E-state index contributed by atoms with van der Waals surface area (Å²) in [6.45, 7) is 5.76. The van der Waals surface area contributed by atoms with E-state index in [0.717, 1.165) is 51.4 Å². The molecule has 0 spiro atoms. The number of carboxylic acids is 1. The molecule has 1 fully saturated rings. The van der Waals surface area contributed by atoms with Gasteiger partial charge in [0.1, 0.15) is 30.5 Å². The third-order valence-corrected chi connectivity index (χ3v) is 9.30. The summed E-state index contributed by atoms with van der Waals surface area (Å²) in [5.41, 5.74) is -2.70. The third-order valence-electron chi connectivity index (χ3n) is 9.30. The minimum absolute atomic E-state index is 0.0265. The molecule has 0 aromatic rings. The van der Waals surface area contributed by atoms with E-state index in [9.17, 15) is 40.2 Å². The number of hydrogen-bond acceptors (Lipinski definition) is 8. The van der Waals surface area contributed by atoms with Crippen LogP contribution in [0.4, 0.5) is 0 Å². The maximum atomic E-state index is 13.8. The van der Waals surface area contributed by atoms with E-state index in [-0.39, 0.29) is 12.8 Å². The van der Waals surface area contributed by atoms with Gasteiger partial charge >= 0.3 is 5.97 Å². The van der Waals surface area contributed by atoms with Gasteiger partial charge in [0.05, 0.1) is 12.2 Å². The first-order valence-electron chi connectivity index (χ1n) is 17.4. The molecule has 1 heterocycles. The summed E-state index contributed by atoms with van der Waals surface area (Å²) in [7, 11) is 0. The molecule has 0 aromatic carbocycles. The summed E-state index contributed by atoms with van der Waals surface area (Å²) in [6, 6.07) is 0. The largest absolute Gasteiger partial charge is 0.480 e. The first kappa shape index (κ1) is 39.9. The van der Waals surface area contributed by atoms with Crippen LogP contribution in [0.25, 0.3) is 0 Å². The number of hydrogen-bond donors (Lipinski definition) is 6. The van der Waals surface area contributed by atoms with Gasteiger partial charge in [-0.15, -0.1) is 0 Å². The molecule has 0 amide bonds. The predicted octanol–water partition coefficient (Wildman–Crippen LogP) is 5.45. The number of carbonyl (C=O) groups excluding carboxylic acids is 1. The van der Waals surface area contributed by atoms with Crippen LogP contribution in [0.2, 0.25) is 0 Å². The summed E-state index contributed by atoms with van der Waals surface area (Å²) in [4.78, 5) is 26.7. The zero-order valence-electron chi connectivity index (χ0n) is 27.3. The van der Waals surface area contributed by atoms with Crippen molar-refractivity contribution in [3.63, 3.8) is 0 Å². The summed E-state index contributed by atoms with van der Waals surface area (Å²) >= 11 is 0. The number of aliphatic hydroxyl groups excluding tert-OH is 5. The predicted molar refractivity (Wildman–Crippen MR) is 168 cm³/mol. The normalized spacial score (nSPS) is 25.3. The second-order valence-electron chi connectivity index (χ2n) is 12.9. The summed E-state index contributed by atoms with van der Waals surface area (Å²) in [5, 5.41) is 64.3. The SMILES string of the molecule is CCCCCCCCCCCCC(O)C(=O)C(C(=O)O)(C(O)CCCCCCCCCCC)[C@@H]1O[C@@H](C)[C@H](O)[C@@H](O)[C@H]1O. The highest BCUT2D eigenvalue weighted by atomic mass is 16.5. The van der Waals surface area contributed by atoms with Crippen LogP contribution in [0.1, 0.15) is 156 Å². The van der Waals surface area contributed by atoms with E-state index >= 15 is 0 Å². The quantitative estimate of drug-likeness (QED) is 0.0547. The smallest absolute Gasteiger partial charge is 0.322 e. The van der Waals surface area contributed by atoms with Crippen molar-refractivity contribution in [2.24, 2.45) is 5.41 Å². The molecule has 0 aliphatic carbocycles. The van der Waals surface area contributed by atoms with Gasteiger partial charge in [-0.1, -0.05) is 136 Å². The van der Waals surface area contributed by atoms with Crippen LogP contribution < -0.4 is 0 Å². The molecule has 43 heavy (non-hydrogen) atoms. The van der Waals surface area contributed by atoms with Crippen molar-refractivity contribution >= 4 is 11.8 Å². The molecular formula is C34H64O9. The van der Waals surface area contributed by atoms with Crippen LogP contribution in [-0.2, 0) is 14.3 Å². The summed E-state index contributed by atoms with van der Waals surface area (Å²) < 4.78 is 5.66. The van der Waals surface area contributed by atoms with Gasteiger partial charge in [0.25, 0.3) is 0 Å². The average Bonchev–Trinajstić information content (AvgIpc) is 2.98. The molecule has 9 nitrogen and oxygen atoms in total. The molecule has 1 aliphatic heterocycles. The van der Waals surface area contributed by atoms with Gasteiger partial charge in [-0.05, 0) is 19.8 Å². The molecule has 1 saturated heterocycles. The monoisotopic (exact) mass is 616 g/mol. The molecular weight excluding hydrogens is 552 g/mol. The molecule has 3 unspecified atom stereocenters. The maximum Gasteiger partial charge on any atom is 0.322 e. The Hall–Kier alpha value is -1.10. The molecule has 9 heteroatoms. The number of unbranched alkanes of at least 4 members (excludes halogenated alkanes) is 17. The number of carbonyl (C=O) groups is 2. The van der Waals surface area contributed by atoms with Crippen LogP contribution in [0, 0.1) is 5.41 Å². The number of carboxylic acid groups (broad SMARTS) is 1. The molecule has 254 valence electrons. The Morgan fingerprint density at radius 2 is 1.02 bits per heavy atom. The molecule has 1 aliphatic rings. The van der Waals surface area contributed by atoms with Crippen molar-refractivity contribution < 1.29 is 45.0 Å². The highest BCUT2D eigenvalue weighted by Gasteiger charge is 2.64. The minimum Gasteiger partial charge on any atom is -0.480 e. The van der Waals surface area contributed by atoms with Crippen molar-refractivity contribution in [1.82, 2.24) is 0 Å². The van der Waals surface area contributed by atoms with E-state index in [2.05, 4.69) is 13.8 Å². The number of rotatable bonds is 26. The lowest BCUT2D eigenvalue weighted by molar-refractivity contribution is -0.257. The van der Waals surface area contributed by atoms with E-state index in [0.29, 0.717) is 12.8 Å². The molecule has 0 saturated carbocycles. The summed E-state index contributed by atoms with van der Waals surface area (Å²) in [6.07, 6.45) is 8.03. The molecule has 0 bridgehead atoms. The number of aliphatic hydroxyl groups is 5. The van der Waals surface area contributed by atoms with Crippen molar-refractivity contribution in [1.29, 1.82) is 0 Å². The Morgan fingerprint density at radius 1 is 0.628 bits per heavy atom. The number of Topliss-reactive ketones (excluding diaryl/α,β-unsaturated/α-hetero) is 1. The van der Waals surface area contributed by atoms with Gasteiger partial charge in [-0.25, -0.2) is 0 Å². The van der Waals surface area contributed by atoms with Crippen LogP contribution >= 0.6 is 0 Å². The van der Waals surface area contributed by atoms with Gasteiger partial charge in [0.2, 0.25) is 0 Å². The molecule has 0 aromatic heterocycles. The second-order valence-corrected chi connectivity index (χ2v) is 12.9. The Bertz CT molecular complexity index is 747. The zero-order valence-corrected chi connectivity index (χ0v) is 27.3. The van der Waals surface area contributed by atoms with Crippen LogP contribution in [-0.4, -0.2) is 85.1 Å². The highest BCUT2D eigenvalue weighted by Crippen LogP contribution is 2.41. The average molecular weight is 617 g/mol. The lowest BCUT2D eigenvalue weighted by Crippen LogP contribution is -2.69. The second kappa shape index (κ2) is 22.4. The fourth-order valence-corrected chi connectivity index (χ4v) is 6.40. The molecule has 8 atom stereocenters. The fraction of sp³-hybridized carbons (Fsp3) is 0.941. The Labute approximate surface area is 260 Å². The Balaban J connectivity index is 2.88. The van der Waals surface area contributed by atoms with E-state index in [1.807, 2.05) is 0 Å². The molecule has 1 rings (SSSR count). The maximum absolute atomic E-state index is 13.8. The van der Waals surface area contributed by atoms with E-state index in [4.69, 9.17) is 4.74 Å². The molecule has 0 radical (unpaired) electrons. The van der Waals surface area contributed by atoms with Gasteiger partial charge in [-0.2, -0.15) is 0 Å². The van der Waals surface area contributed by atoms with Crippen LogP contribution in [0.3, 0.4) is 0 Å². The lowest BCUT2D eigenvalue weighted by Gasteiger charge is -2.48. The zero-order chi connectivity index (χ0) is 32.3. The number of ether oxygens (including phenoxy) is 1. The highest BCUT2D eigenvalue weighted by molar-refractivity contribution is 6.06. The first-order valence-corrected chi connectivity index (χ1v) is 17.4. The standard InChI is InChI=1S/C34H64O9/c1-4-6-8-10-12-14-16-17-19-21-23-26(35)31(40)34(33(41)42,32-30(39)29(38)28(37)25(3)43-32)27(36)24-22-20-18-15-13-11-9-7-5-2/h25-30,32,35-39H,4-24H2,1-3H3,(H,41,42)/t25-,26?,27?,28-,29+,30+,32+,34?/m0/s1. The Kier molecular flexibility index (Phi) is 20.8. The lowest BCUT2D eigenvalue weighted by atomic mass is 9.66. The van der Waals surface area contributed by atoms with Crippen molar-refractivity contribution in [2.45, 2.75) is 198 Å². The fourth-order valence-electron chi connectivity index (χ4n) is 6.40. The first-order chi connectivity index (χ1) is 20.6. The van der Waals surface area contributed by atoms with E-state index in [1.165, 1.54) is 64.7 Å².